The lowest BCUT2D eigenvalue weighted by Gasteiger charge is -2.32. The fourth-order valence-corrected chi connectivity index (χ4v) is 6.58. The molecule has 7 nitrogen and oxygen atoms in total. The predicted molar refractivity (Wildman–Crippen MR) is 131 cm³/mol. The van der Waals surface area contributed by atoms with Gasteiger partial charge in [-0.05, 0) is 62.1 Å². The Balaban J connectivity index is 1.30. The van der Waals surface area contributed by atoms with Gasteiger partial charge in [0.05, 0.1) is 0 Å². The molecule has 0 radical (unpaired) electrons. The molecule has 0 atom stereocenters. The number of halogens is 2. The smallest absolute Gasteiger partial charge is 0.248 e. The highest BCUT2D eigenvalue weighted by Crippen LogP contribution is 2.33. The van der Waals surface area contributed by atoms with Crippen LogP contribution in [-0.2, 0) is 21.2 Å². The van der Waals surface area contributed by atoms with Crippen molar-refractivity contribution >= 4 is 33.8 Å². The molecule has 1 amide bonds. The van der Waals surface area contributed by atoms with Crippen molar-refractivity contribution in [3.8, 4) is 0 Å². The van der Waals surface area contributed by atoms with E-state index in [0.717, 1.165) is 29.8 Å². The Labute approximate surface area is 208 Å². The molecular weight excluding hydrogens is 488 g/mol. The maximum Gasteiger partial charge on any atom is 0.248 e. The number of para-hydroxylation sites is 1. The molecule has 36 heavy (non-hydrogen) atoms. The Hall–Kier alpha value is -3.37. The molecule has 1 aromatic heterocycles. The molecule has 10 heteroatoms. The summed E-state index contributed by atoms with van der Waals surface area (Å²) in [6, 6.07) is 10.9. The molecule has 5 rings (SSSR count). The molecule has 0 saturated carbocycles. The van der Waals surface area contributed by atoms with E-state index in [1.54, 1.807) is 0 Å². The highest BCUT2D eigenvalue weighted by molar-refractivity contribution is 7.89. The monoisotopic (exact) mass is 513 g/mol. The molecular formula is C26H25F2N3O4S. The molecule has 2 aliphatic heterocycles. The number of anilines is 1. The standard InChI is InChI=1S/C26H25F2N3O4S/c1-17-25(24(35-29-17)9-7-18-6-8-21(27)16-22(18)28)36(33,34)30-13-10-20(11-14-30)26(32)31-15-12-19-4-2-3-5-23(19)31/h2-9,16,20H,10-15H2,1H3/b9-7+. The molecule has 3 aromatic rings. The van der Waals surface area contributed by atoms with E-state index in [4.69, 9.17) is 4.52 Å². The van der Waals surface area contributed by atoms with Crippen molar-refractivity contribution in [1.29, 1.82) is 0 Å². The van der Waals surface area contributed by atoms with Crippen molar-refractivity contribution in [3.63, 3.8) is 0 Å². The second kappa shape index (κ2) is 9.59. The summed E-state index contributed by atoms with van der Waals surface area (Å²) in [5.41, 5.74) is 2.35. The maximum absolute atomic E-state index is 14.0. The first kappa shape index (κ1) is 24.3. The van der Waals surface area contributed by atoms with Gasteiger partial charge in [-0.1, -0.05) is 23.4 Å². The van der Waals surface area contributed by atoms with E-state index in [2.05, 4.69) is 5.16 Å². The van der Waals surface area contributed by atoms with Crippen molar-refractivity contribution in [3.05, 3.63) is 76.7 Å². The number of aryl methyl sites for hydroxylation is 1. The van der Waals surface area contributed by atoms with Gasteiger partial charge in [-0.15, -0.1) is 0 Å². The molecule has 0 unspecified atom stereocenters. The molecule has 0 aliphatic carbocycles. The Bertz CT molecular complexity index is 1440. The quantitative estimate of drug-likeness (QED) is 0.504. The van der Waals surface area contributed by atoms with Crippen LogP contribution >= 0.6 is 0 Å². The predicted octanol–water partition coefficient (Wildman–Crippen LogP) is 4.42. The molecule has 3 heterocycles. The third-order valence-electron chi connectivity index (χ3n) is 6.76. The molecule has 0 bridgehead atoms. The molecule has 0 spiro atoms. The van der Waals surface area contributed by atoms with Gasteiger partial charge in [0.2, 0.25) is 15.9 Å². The fraction of sp³-hybridized carbons (Fsp3) is 0.308. The largest absolute Gasteiger partial charge is 0.355 e. The average molecular weight is 514 g/mol. The van der Waals surface area contributed by atoms with Crippen LogP contribution in [0.1, 0.15) is 35.4 Å². The molecule has 0 N–H and O–H groups in total. The van der Waals surface area contributed by atoms with Crippen molar-refractivity contribution in [2.75, 3.05) is 24.5 Å². The van der Waals surface area contributed by atoms with Crippen LogP contribution in [0.15, 0.2) is 51.9 Å². The van der Waals surface area contributed by atoms with Crippen molar-refractivity contribution in [2.24, 2.45) is 5.92 Å². The minimum Gasteiger partial charge on any atom is -0.355 e. The van der Waals surface area contributed by atoms with Gasteiger partial charge in [0.1, 0.15) is 17.3 Å². The highest BCUT2D eigenvalue weighted by atomic mass is 32.2. The normalized spacial score (nSPS) is 17.1. The number of hydrogen-bond donors (Lipinski definition) is 0. The lowest BCUT2D eigenvalue weighted by Crippen LogP contribution is -2.44. The first-order valence-electron chi connectivity index (χ1n) is 11.7. The van der Waals surface area contributed by atoms with Gasteiger partial charge >= 0.3 is 0 Å². The van der Waals surface area contributed by atoms with E-state index in [1.807, 2.05) is 29.2 Å². The summed E-state index contributed by atoms with van der Waals surface area (Å²) in [6.45, 7) is 2.54. The molecule has 1 fully saturated rings. The number of carbonyl (C=O) groups is 1. The number of rotatable bonds is 5. The number of nitrogens with zero attached hydrogens (tertiary/aromatic N) is 3. The summed E-state index contributed by atoms with van der Waals surface area (Å²) < 4.78 is 60.7. The summed E-state index contributed by atoms with van der Waals surface area (Å²) in [5.74, 6) is -1.75. The SMILES string of the molecule is Cc1noc(/C=C/c2ccc(F)cc2F)c1S(=O)(=O)N1CCC(C(=O)N2CCc3ccccc32)CC1. The van der Waals surface area contributed by atoms with Gasteiger partial charge in [-0.3, -0.25) is 4.79 Å². The van der Waals surface area contributed by atoms with Gasteiger partial charge in [-0.25, -0.2) is 17.2 Å². The van der Waals surface area contributed by atoms with Gasteiger partial charge in [0, 0.05) is 42.9 Å². The van der Waals surface area contributed by atoms with E-state index >= 15 is 0 Å². The van der Waals surface area contributed by atoms with E-state index in [-0.39, 0.29) is 46.8 Å². The summed E-state index contributed by atoms with van der Waals surface area (Å²) in [7, 11) is -3.97. The molecule has 2 aliphatic rings. The number of hydrogen-bond acceptors (Lipinski definition) is 5. The number of carbonyl (C=O) groups excluding carboxylic acids is 1. The maximum atomic E-state index is 14.0. The third-order valence-corrected chi connectivity index (χ3v) is 8.82. The van der Waals surface area contributed by atoms with Crippen LogP contribution in [0.4, 0.5) is 14.5 Å². The molecule has 2 aromatic carbocycles. The highest BCUT2D eigenvalue weighted by Gasteiger charge is 2.38. The van der Waals surface area contributed by atoms with E-state index in [9.17, 15) is 22.0 Å². The topological polar surface area (TPSA) is 83.7 Å². The lowest BCUT2D eigenvalue weighted by atomic mass is 9.96. The van der Waals surface area contributed by atoms with Crippen molar-refractivity contribution in [2.45, 2.75) is 31.1 Å². The number of fused-ring (bicyclic) bond motifs is 1. The Kier molecular flexibility index (Phi) is 6.48. The van der Waals surface area contributed by atoms with Gasteiger partial charge in [0.25, 0.3) is 0 Å². The number of amides is 1. The Morgan fingerprint density at radius 3 is 2.58 bits per heavy atom. The first-order chi connectivity index (χ1) is 17.3. The fourth-order valence-electron chi connectivity index (χ4n) is 4.86. The van der Waals surface area contributed by atoms with E-state index in [1.165, 1.54) is 29.4 Å². The second-order valence-corrected chi connectivity index (χ2v) is 10.9. The molecule has 1 saturated heterocycles. The summed E-state index contributed by atoms with van der Waals surface area (Å²) in [6.07, 6.45) is 4.26. The molecule has 188 valence electrons. The van der Waals surface area contributed by atoms with Gasteiger partial charge in [-0.2, -0.15) is 4.31 Å². The Morgan fingerprint density at radius 2 is 1.83 bits per heavy atom. The van der Waals surface area contributed by atoms with Crippen LogP contribution in [0.2, 0.25) is 0 Å². The van der Waals surface area contributed by atoms with Crippen molar-refractivity contribution in [1.82, 2.24) is 9.46 Å². The van der Waals surface area contributed by atoms with Crippen LogP contribution in [-0.4, -0.2) is 43.4 Å². The minimum atomic E-state index is -3.97. The zero-order valence-electron chi connectivity index (χ0n) is 19.7. The third kappa shape index (κ3) is 4.46. The van der Waals surface area contributed by atoms with Crippen LogP contribution in [0.5, 0.6) is 0 Å². The first-order valence-corrected chi connectivity index (χ1v) is 13.2. The van der Waals surface area contributed by atoms with Gasteiger partial charge < -0.3 is 9.42 Å². The van der Waals surface area contributed by atoms with Crippen LogP contribution < -0.4 is 4.90 Å². The minimum absolute atomic E-state index is 0.0307. The number of piperidine rings is 1. The van der Waals surface area contributed by atoms with Crippen LogP contribution in [0.3, 0.4) is 0 Å². The van der Waals surface area contributed by atoms with Crippen molar-refractivity contribution < 1.29 is 26.5 Å². The van der Waals surface area contributed by atoms with E-state index < -0.39 is 21.7 Å². The summed E-state index contributed by atoms with van der Waals surface area (Å²) in [5, 5.41) is 3.80. The average Bonchev–Trinajstić information content (AvgIpc) is 3.47. The summed E-state index contributed by atoms with van der Waals surface area (Å²) >= 11 is 0. The lowest BCUT2D eigenvalue weighted by molar-refractivity contribution is -0.123. The number of aromatic nitrogens is 1. The zero-order valence-corrected chi connectivity index (χ0v) is 20.5. The van der Waals surface area contributed by atoms with E-state index in [0.29, 0.717) is 19.4 Å². The second-order valence-electron chi connectivity index (χ2n) is 9.01. The van der Waals surface area contributed by atoms with Crippen LogP contribution in [0.25, 0.3) is 12.2 Å². The van der Waals surface area contributed by atoms with Gasteiger partial charge in [0.15, 0.2) is 10.7 Å². The Morgan fingerprint density at radius 1 is 1.08 bits per heavy atom. The number of sulfonamides is 1. The number of benzene rings is 2. The zero-order chi connectivity index (χ0) is 25.4. The summed E-state index contributed by atoms with van der Waals surface area (Å²) in [4.78, 5) is 14.9. The van der Waals surface area contributed by atoms with Crippen LogP contribution in [0, 0.1) is 24.5 Å².